The van der Waals surface area contributed by atoms with E-state index >= 15 is 0 Å². The highest BCUT2D eigenvalue weighted by Gasteiger charge is 2.17. The summed E-state index contributed by atoms with van der Waals surface area (Å²) in [6, 6.07) is 11.6. The maximum absolute atomic E-state index is 12.3. The second kappa shape index (κ2) is 9.38. The normalized spacial score (nSPS) is 10.0. The lowest BCUT2D eigenvalue weighted by molar-refractivity contribution is -0.116. The van der Waals surface area contributed by atoms with Gasteiger partial charge in [-0.1, -0.05) is 12.1 Å². The molecule has 142 valence electrons. The molecule has 2 rings (SSSR count). The Morgan fingerprint density at radius 1 is 0.889 bits per heavy atom. The number of carbonyl (C=O) groups excluding carboxylic acids is 3. The molecule has 7 nitrogen and oxygen atoms in total. The highest BCUT2D eigenvalue weighted by atomic mass is 16.5. The van der Waals surface area contributed by atoms with Crippen molar-refractivity contribution in [3.8, 4) is 5.75 Å². The SMILES string of the molecule is COC(=O)c1ccc(C(=O)OC)c(NC(=O)CCc2ccc(OC)cc2)c1. The molecule has 0 aliphatic heterocycles. The first-order chi connectivity index (χ1) is 13.0. The summed E-state index contributed by atoms with van der Waals surface area (Å²) in [7, 11) is 4.08. The van der Waals surface area contributed by atoms with Gasteiger partial charge in [0, 0.05) is 6.42 Å². The highest BCUT2D eigenvalue weighted by molar-refractivity contribution is 6.03. The molecule has 0 radical (unpaired) electrons. The zero-order valence-electron chi connectivity index (χ0n) is 15.4. The van der Waals surface area contributed by atoms with Crippen LogP contribution in [0.2, 0.25) is 0 Å². The molecule has 0 saturated carbocycles. The molecule has 1 amide bonds. The number of amides is 1. The van der Waals surface area contributed by atoms with Crippen LogP contribution in [0, 0.1) is 0 Å². The minimum absolute atomic E-state index is 0.156. The van der Waals surface area contributed by atoms with Crippen molar-refractivity contribution < 1.29 is 28.6 Å². The predicted molar refractivity (Wildman–Crippen MR) is 99.1 cm³/mol. The lowest BCUT2D eigenvalue weighted by Crippen LogP contribution is -2.16. The van der Waals surface area contributed by atoms with E-state index in [9.17, 15) is 14.4 Å². The molecule has 2 aromatic carbocycles. The number of methoxy groups -OCH3 is 3. The van der Waals surface area contributed by atoms with E-state index < -0.39 is 11.9 Å². The fraction of sp³-hybridized carbons (Fsp3) is 0.250. The third-order valence-corrected chi connectivity index (χ3v) is 3.92. The molecule has 0 aliphatic carbocycles. The average molecular weight is 371 g/mol. The minimum Gasteiger partial charge on any atom is -0.497 e. The molecular weight excluding hydrogens is 350 g/mol. The van der Waals surface area contributed by atoms with Crippen LogP contribution in [0.4, 0.5) is 5.69 Å². The van der Waals surface area contributed by atoms with Crippen molar-refractivity contribution in [2.45, 2.75) is 12.8 Å². The molecule has 0 unspecified atom stereocenters. The topological polar surface area (TPSA) is 90.9 Å². The molecule has 0 saturated heterocycles. The fourth-order valence-electron chi connectivity index (χ4n) is 2.44. The Morgan fingerprint density at radius 2 is 1.56 bits per heavy atom. The van der Waals surface area contributed by atoms with Gasteiger partial charge in [-0.05, 0) is 42.3 Å². The summed E-state index contributed by atoms with van der Waals surface area (Å²) in [6.45, 7) is 0. The Bertz CT molecular complexity index is 829. The first kappa shape index (κ1) is 20.0. The van der Waals surface area contributed by atoms with Crippen LogP contribution >= 0.6 is 0 Å². The zero-order chi connectivity index (χ0) is 19.8. The summed E-state index contributed by atoms with van der Waals surface area (Å²) in [5, 5.41) is 2.67. The van der Waals surface area contributed by atoms with Crippen molar-refractivity contribution in [2.75, 3.05) is 26.6 Å². The van der Waals surface area contributed by atoms with Gasteiger partial charge < -0.3 is 19.5 Å². The van der Waals surface area contributed by atoms with E-state index in [2.05, 4.69) is 10.1 Å². The number of benzene rings is 2. The van der Waals surface area contributed by atoms with Gasteiger partial charge in [-0.3, -0.25) is 4.79 Å². The Hall–Kier alpha value is -3.35. The smallest absolute Gasteiger partial charge is 0.339 e. The number of carbonyl (C=O) groups is 3. The van der Waals surface area contributed by atoms with Crippen molar-refractivity contribution in [2.24, 2.45) is 0 Å². The second-order valence-corrected chi connectivity index (χ2v) is 5.64. The number of ether oxygens (including phenoxy) is 3. The van der Waals surface area contributed by atoms with Crippen molar-refractivity contribution in [3.05, 3.63) is 59.2 Å². The molecular formula is C20H21NO6. The van der Waals surface area contributed by atoms with Gasteiger partial charge in [0.15, 0.2) is 0 Å². The van der Waals surface area contributed by atoms with E-state index in [0.717, 1.165) is 11.3 Å². The molecule has 0 aromatic heterocycles. The molecule has 0 heterocycles. The monoisotopic (exact) mass is 371 g/mol. The molecule has 1 N–H and O–H groups in total. The van der Waals surface area contributed by atoms with E-state index in [4.69, 9.17) is 9.47 Å². The van der Waals surface area contributed by atoms with Crippen LogP contribution in [0.3, 0.4) is 0 Å². The van der Waals surface area contributed by atoms with Crippen molar-refractivity contribution >= 4 is 23.5 Å². The standard InChI is InChI=1S/C20H21NO6/c1-25-15-8-4-13(5-9-15)6-11-18(22)21-17-12-14(19(23)26-2)7-10-16(17)20(24)27-3/h4-5,7-10,12H,6,11H2,1-3H3,(H,21,22). The van der Waals surface area contributed by atoms with Crippen LogP contribution < -0.4 is 10.1 Å². The summed E-state index contributed by atoms with van der Waals surface area (Å²) in [5.74, 6) is -0.736. The van der Waals surface area contributed by atoms with Gasteiger partial charge in [-0.2, -0.15) is 0 Å². The maximum atomic E-state index is 12.3. The Labute approximate surface area is 157 Å². The van der Waals surface area contributed by atoms with Crippen molar-refractivity contribution in [1.29, 1.82) is 0 Å². The number of hydrogen-bond donors (Lipinski definition) is 1. The van der Waals surface area contributed by atoms with Gasteiger partial charge in [0.05, 0.1) is 38.1 Å². The average Bonchev–Trinajstić information content (AvgIpc) is 2.71. The van der Waals surface area contributed by atoms with Crippen molar-refractivity contribution in [3.63, 3.8) is 0 Å². The minimum atomic E-state index is -0.614. The molecule has 0 aliphatic rings. The summed E-state index contributed by atoms with van der Waals surface area (Å²) >= 11 is 0. The Kier molecular flexibility index (Phi) is 6.93. The number of nitrogens with one attached hydrogen (secondary N) is 1. The van der Waals surface area contributed by atoms with Gasteiger partial charge in [0.2, 0.25) is 5.91 Å². The Morgan fingerprint density at radius 3 is 2.15 bits per heavy atom. The van der Waals surface area contributed by atoms with Crippen LogP contribution in [0.15, 0.2) is 42.5 Å². The molecule has 2 aromatic rings. The molecule has 27 heavy (non-hydrogen) atoms. The Balaban J connectivity index is 2.11. The molecule has 0 spiro atoms. The van der Waals surface area contributed by atoms with Gasteiger partial charge in [-0.25, -0.2) is 9.59 Å². The third kappa shape index (κ3) is 5.31. The van der Waals surface area contributed by atoms with Crippen LogP contribution in [0.25, 0.3) is 0 Å². The lowest BCUT2D eigenvalue weighted by Gasteiger charge is -2.11. The number of rotatable bonds is 7. The number of anilines is 1. The molecule has 7 heteroatoms. The first-order valence-corrected chi connectivity index (χ1v) is 8.22. The van der Waals surface area contributed by atoms with E-state index in [1.165, 1.54) is 32.4 Å². The van der Waals surface area contributed by atoms with Crippen LogP contribution in [0.5, 0.6) is 5.75 Å². The van der Waals surface area contributed by atoms with Crippen LogP contribution in [-0.4, -0.2) is 39.2 Å². The molecule has 0 fully saturated rings. The van der Waals surface area contributed by atoms with E-state index in [1.807, 2.05) is 24.3 Å². The lowest BCUT2D eigenvalue weighted by atomic mass is 10.1. The summed E-state index contributed by atoms with van der Waals surface area (Å²) in [4.78, 5) is 35.9. The predicted octanol–water partition coefficient (Wildman–Crippen LogP) is 2.84. The van der Waals surface area contributed by atoms with Gasteiger partial charge in [-0.15, -0.1) is 0 Å². The molecule has 0 bridgehead atoms. The third-order valence-electron chi connectivity index (χ3n) is 3.92. The van der Waals surface area contributed by atoms with E-state index in [-0.39, 0.29) is 29.1 Å². The highest BCUT2D eigenvalue weighted by Crippen LogP contribution is 2.20. The van der Waals surface area contributed by atoms with E-state index in [0.29, 0.717) is 6.42 Å². The van der Waals surface area contributed by atoms with Gasteiger partial charge in [0.1, 0.15) is 5.75 Å². The van der Waals surface area contributed by atoms with Crippen LogP contribution in [0.1, 0.15) is 32.7 Å². The fourth-order valence-corrected chi connectivity index (χ4v) is 2.44. The summed E-state index contributed by atoms with van der Waals surface area (Å²) < 4.78 is 14.5. The summed E-state index contributed by atoms with van der Waals surface area (Å²) in [6.07, 6.45) is 0.718. The molecule has 0 atom stereocenters. The number of esters is 2. The van der Waals surface area contributed by atoms with Gasteiger partial charge in [0.25, 0.3) is 0 Å². The van der Waals surface area contributed by atoms with E-state index in [1.54, 1.807) is 7.11 Å². The number of hydrogen-bond acceptors (Lipinski definition) is 6. The summed E-state index contributed by atoms with van der Waals surface area (Å²) in [5.41, 5.74) is 1.55. The second-order valence-electron chi connectivity index (χ2n) is 5.64. The van der Waals surface area contributed by atoms with Crippen molar-refractivity contribution in [1.82, 2.24) is 0 Å². The van der Waals surface area contributed by atoms with Crippen LogP contribution in [-0.2, 0) is 20.7 Å². The number of aryl methyl sites for hydroxylation is 1. The first-order valence-electron chi connectivity index (χ1n) is 8.22. The maximum Gasteiger partial charge on any atom is 0.339 e. The zero-order valence-corrected chi connectivity index (χ0v) is 15.4. The van der Waals surface area contributed by atoms with Gasteiger partial charge >= 0.3 is 11.9 Å². The quantitative estimate of drug-likeness (QED) is 0.753. The largest absolute Gasteiger partial charge is 0.497 e.